The molecular formula is C42H83NO10Si3. The number of ether oxygens (including phenoxy) is 6. The monoisotopic (exact) mass is 846 g/mol. The van der Waals surface area contributed by atoms with Crippen LogP contribution in [0.3, 0.4) is 0 Å². The van der Waals surface area contributed by atoms with Crippen LogP contribution >= 0.6 is 0 Å². The summed E-state index contributed by atoms with van der Waals surface area (Å²) in [7, 11) is -3.59. The van der Waals surface area contributed by atoms with Gasteiger partial charge in [-0.1, -0.05) is 95.2 Å². The van der Waals surface area contributed by atoms with Gasteiger partial charge in [-0.25, -0.2) is 0 Å². The first-order valence-electron chi connectivity index (χ1n) is 20.8. The Bertz CT molecular complexity index is 1350. The number of hydrogen-bond donors (Lipinski definition) is 1. The smallest absolute Gasteiger partial charge is 0.255 e. The number of carbonyl (C=O) groups excluding carboxylic acids is 1. The normalized spacial score (nSPS) is 32.1. The zero-order chi connectivity index (χ0) is 43.3. The molecule has 3 saturated heterocycles. The van der Waals surface area contributed by atoms with Gasteiger partial charge >= 0.3 is 0 Å². The minimum atomic E-state index is -2.56. The van der Waals surface area contributed by atoms with Gasteiger partial charge in [0.15, 0.2) is 37.3 Å². The van der Waals surface area contributed by atoms with Gasteiger partial charge in [-0.05, 0) is 61.3 Å². The highest BCUT2D eigenvalue weighted by Gasteiger charge is 2.59. The molecule has 11 nitrogen and oxygen atoms in total. The summed E-state index contributed by atoms with van der Waals surface area (Å²) in [5.74, 6) is -1.70. The molecule has 0 aromatic rings. The molecule has 3 rings (SSSR count). The highest BCUT2D eigenvalue weighted by atomic mass is 28.4. The van der Waals surface area contributed by atoms with Crippen molar-refractivity contribution in [2.24, 2.45) is 11.3 Å². The van der Waals surface area contributed by atoms with Crippen molar-refractivity contribution < 1.29 is 46.5 Å². The van der Waals surface area contributed by atoms with Gasteiger partial charge in [-0.3, -0.25) is 4.79 Å². The fraction of sp³-hybridized carbons (Fsp3) is 0.929. The standard InChI is InChI=1S/C42H83NO10Si3/c1-27-24-42(46-16,51-29(3)28(27)2)35(53-56(21,22)40(10,11)12)36(44)43-37-33-32(47-26-48-37)34(45-15)41(13,14)31(50-33)23-30(52-55(19,20)39(7,8)9)25-49-54(17,18)38(4,5)6/h28-35,37H,1,23-26H2,2-22H3,(H,43,44)/t28-,29-,30-,31-,32+,33+,34-,35-,37+,42-/m1/s1. The third-order valence-electron chi connectivity index (χ3n) is 14.4. The number of methoxy groups -OCH3 is 2. The van der Waals surface area contributed by atoms with E-state index >= 15 is 0 Å². The van der Waals surface area contributed by atoms with Crippen molar-refractivity contribution in [3.05, 3.63) is 12.2 Å². The van der Waals surface area contributed by atoms with Gasteiger partial charge in [0.05, 0.1) is 31.0 Å². The number of fused-ring (bicyclic) bond motifs is 1. The zero-order valence-corrected chi connectivity index (χ0v) is 42.3. The molecule has 3 aliphatic rings. The van der Waals surface area contributed by atoms with Crippen molar-refractivity contribution in [2.75, 3.05) is 27.6 Å². The Balaban J connectivity index is 2.03. The summed E-state index contributed by atoms with van der Waals surface area (Å²) in [6.07, 6.45) is -3.53. The molecular weight excluding hydrogens is 763 g/mol. The second kappa shape index (κ2) is 17.5. The van der Waals surface area contributed by atoms with Gasteiger partial charge < -0.3 is 47.0 Å². The lowest BCUT2D eigenvalue weighted by atomic mass is 9.72. The quantitative estimate of drug-likeness (QED) is 0.134. The van der Waals surface area contributed by atoms with Crippen LogP contribution in [0.25, 0.3) is 0 Å². The molecule has 328 valence electrons. The molecule has 10 atom stereocenters. The fourth-order valence-corrected chi connectivity index (χ4v) is 10.7. The minimum absolute atomic E-state index is 0.00140. The maximum absolute atomic E-state index is 14.9. The van der Waals surface area contributed by atoms with Gasteiger partial charge in [-0.15, -0.1) is 0 Å². The van der Waals surface area contributed by atoms with Crippen LogP contribution in [0.1, 0.15) is 103 Å². The first-order chi connectivity index (χ1) is 25.2. The molecule has 0 aromatic carbocycles. The van der Waals surface area contributed by atoms with E-state index in [1.165, 1.54) is 0 Å². The molecule has 1 N–H and O–H groups in total. The van der Waals surface area contributed by atoms with E-state index in [-0.39, 0.29) is 52.2 Å². The second-order valence-electron chi connectivity index (χ2n) is 21.9. The first-order valence-corrected chi connectivity index (χ1v) is 29.5. The molecule has 0 unspecified atom stereocenters. The van der Waals surface area contributed by atoms with E-state index in [4.69, 9.17) is 41.7 Å². The largest absolute Gasteiger partial charge is 0.414 e. The van der Waals surface area contributed by atoms with Crippen LogP contribution in [0.4, 0.5) is 0 Å². The Morgan fingerprint density at radius 1 is 0.857 bits per heavy atom. The van der Waals surface area contributed by atoms with Crippen LogP contribution in [0.15, 0.2) is 12.2 Å². The first kappa shape index (κ1) is 49.9. The molecule has 0 spiro atoms. The van der Waals surface area contributed by atoms with Crippen molar-refractivity contribution in [1.82, 2.24) is 5.32 Å². The number of nitrogens with one attached hydrogen (secondary N) is 1. The molecule has 3 heterocycles. The van der Waals surface area contributed by atoms with E-state index in [1.54, 1.807) is 14.2 Å². The van der Waals surface area contributed by atoms with Crippen LogP contribution in [-0.4, -0.2) is 113 Å². The molecule has 1 amide bonds. The number of carbonyl (C=O) groups is 1. The van der Waals surface area contributed by atoms with Crippen LogP contribution < -0.4 is 5.32 Å². The maximum Gasteiger partial charge on any atom is 0.255 e. The lowest BCUT2D eigenvalue weighted by Gasteiger charge is -2.55. The molecule has 56 heavy (non-hydrogen) atoms. The minimum Gasteiger partial charge on any atom is -0.414 e. The Kier molecular flexibility index (Phi) is 15.6. The van der Waals surface area contributed by atoms with Gasteiger partial charge in [0.1, 0.15) is 19.0 Å². The van der Waals surface area contributed by atoms with Crippen molar-refractivity contribution in [2.45, 2.75) is 212 Å². The summed E-state index contributed by atoms with van der Waals surface area (Å²) < 4.78 is 59.6. The average molecular weight is 846 g/mol. The second-order valence-corrected chi connectivity index (χ2v) is 36.3. The highest BCUT2D eigenvalue weighted by molar-refractivity contribution is 6.75. The van der Waals surface area contributed by atoms with E-state index < -0.39 is 66.6 Å². The third-order valence-corrected chi connectivity index (χ3v) is 27.9. The molecule has 0 aromatic heterocycles. The summed E-state index contributed by atoms with van der Waals surface area (Å²) >= 11 is 0. The lowest BCUT2D eigenvalue weighted by Crippen LogP contribution is -2.70. The zero-order valence-electron chi connectivity index (χ0n) is 39.3. The Morgan fingerprint density at radius 3 is 1.88 bits per heavy atom. The summed E-state index contributed by atoms with van der Waals surface area (Å²) in [6, 6.07) is 0. The third kappa shape index (κ3) is 10.7. The molecule has 0 saturated carbocycles. The summed E-state index contributed by atoms with van der Waals surface area (Å²) in [5, 5.41) is 3.05. The van der Waals surface area contributed by atoms with Gasteiger partial charge in [0, 0.05) is 38.4 Å². The summed E-state index contributed by atoms with van der Waals surface area (Å²) in [6.45, 7) is 46.5. The Labute approximate surface area is 344 Å². The van der Waals surface area contributed by atoms with Gasteiger partial charge in [0.2, 0.25) is 5.79 Å². The molecule has 0 radical (unpaired) electrons. The van der Waals surface area contributed by atoms with Crippen molar-refractivity contribution in [1.29, 1.82) is 0 Å². The average Bonchev–Trinajstić information content (AvgIpc) is 3.03. The van der Waals surface area contributed by atoms with Crippen molar-refractivity contribution in [3.63, 3.8) is 0 Å². The van der Waals surface area contributed by atoms with Crippen LogP contribution in [-0.2, 0) is 46.5 Å². The lowest BCUT2D eigenvalue weighted by molar-refractivity contribution is -0.332. The molecule has 3 fully saturated rings. The predicted molar refractivity (Wildman–Crippen MR) is 231 cm³/mol. The topological polar surface area (TPSA) is 112 Å². The maximum atomic E-state index is 14.9. The van der Waals surface area contributed by atoms with E-state index in [9.17, 15) is 4.79 Å². The fourth-order valence-electron chi connectivity index (χ4n) is 7.03. The van der Waals surface area contributed by atoms with Crippen molar-refractivity contribution in [3.8, 4) is 0 Å². The molecule has 0 bridgehead atoms. The molecule has 14 heteroatoms. The Hall–Kier alpha value is -0.499. The Morgan fingerprint density at radius 2 is 1.39 bits per heavy atom. The number of amides is 1. The van der Waals surface area contributed by atoms with Gasteiger partial charge in [0.25, 0.3) is 5.91 Å². The molecule has 3 aliphatic heterocycles. The van der Waals surface area contributed by atoms with Gasteiger partial charge in [-0.2, -0.15) is 0 Å². The highest BCUT2D eigenvalue weighted by Crippen LogP contribution is 2.47. The van der Waals surface area contributed by atoms with E-state index in [2.05, 4.69) is 134 Å². The summed E-state index contributed by atoms with van der Waals surface area (Å²) in [4.78, 5) is 14.9. The molecule has 0 aliphatic carbocycles. The SMILES string of the molecule is C=C1C[C@](OC)([C@H](O[Si](C)(C)C(C)(C)C)C(=O)N[C@H]2OCO[C@H]3[C@@H]2O[C@H](C[C@H](CO[Si](C)(C)C(C)(C)C)O[Si](C)(C)C(C)(C)C)C(C)(C)[C@@H]3OC)O[C@H](C)[C@@H]1C. The van der Waals surface area contributed by atoms with Crippen LogP contribution in [0.5, 0.6) is 0 Å². The van der Waals surface area contributed by atoms with Crippen LogP contribution in [0.2, 0.25) is 54.4 Å². The predicted octanol–water partition coefficient (Wildman–Crippen LogP) is 9.15. The number of rotatable bonds is 14. The number of hydrogen-bond acceptors (Lipinski definition) is 10. The van der Waals surface area contributed by atoms with Crippen molar-refractivity contribution >= 4 is 30.9 Å². The van der Waals surface area contributed by atoms with E-state index in [0.717, 1.165) is 5.57 Å². The van der Waals surface area contributed by atoms with Crippen LogP contribution in [0, 0.1) is 11.3 Å². The summed E-state index contributed by atoms with van der Waals surface area (Å²) in [5.41, 5.74) is 0.450. The van der Waals surface area contributed by atoms with E-state index in [1.807, 2.05) is 6.92 Å². The van der Waals surface area contributed by atoms with E-state index in [0.29, 0.717) is 19.4 Å².